The molecule has 6 nitrogen and oxygen atoms in total. The Bertz CT molecular complexity index is 544. The number of fused-ring (bicyclic) bond motifs is 1. The van der Waals surface area contributed by atoms with E-state index in [2.05, 4.69) is 20.7 Å². The summed E-state index contributed by atoms with van der Waals surface area (Å²) < 4.78 is 1.60. The van der Waals surface area contributed by atoms with Crippen molar-refractivity contribution in [1.82, 2.24) is 25.2 Å². The summed E-state index contributed by atoms with van der Waals surface area (Å²) in [5, 5.41) is 10.3. The third-order valence-corrected chi connectivity index (χ3v) is 2.92. The molecule has 3 rings (SSSR count). The zero-order valence-electron chi connectivity index (χ0n) is 9.26. The minimum Gasteiger partial charge on any atom is -0.348 e. The van der Waals surface area contributed by atoms with Crippen LogP contribution in [0.4, 0.5) is 0 Å². The van der Waals surface area contributed by atoms with Crippen molar-refractivity contribution in [2.45, 2.75) is 12.5 Å². The lowest BCUT2D eigenvalue weighted by atomic mass is 10.2. The van der Waals surface area contributed by atoms with Crippen molar-refractivity contribution in [3.63, 3.8) is 0 Å². The van der Waals surface area contributed by atoms with Crippen LogP contribution in [0.25, 0.3) is 5.65 Å². The van der Waals surface area contributed by atoms with Gasteiger partial charge in [-0.15, -0.1) is 0 Å². The molecular formula is C11H13N5O. The summed E-state index contributed by atoms with van der Waals surface area (Å²) in [7, 11) is 0. The fourth-order valence-electron chi connectivity index (χ4n) is 2.03. The molecule has 2 N–H and O–H groups in total. The molecule has 1 fully saturated rings. The molecular weight excluding hydrogens is 218 g/mol. The number of aromatic nitrogens is 3. The van der Waals surface area contributed by atoms with Gasteiger partial charge in [-0.25, -0.2) is 9.50 Å². The molecule has 1 atom stereocenters. The number of rotatable bonds is 2. The highest BCUT2D eigenvalue weighted by Gasteiger charge is 2.20. The Balaban J connectivity index is 1.85. The average Bonchev–Trinajstić information content (AvgIpc) is 2.96. The predicted molar refractivity (Wildman–Crippen MR) is 61.7 cm³/mol. The van der Waals surface area contributed by atoms with Crippen LogP contribution in [0, 0.1) is 0 Å². The average molecular weight is 231 g/mol. The first-order valence-electron chi connectivity index (χ1n) is 5.64. The van der Waals surface area contributed by atoms with E-state index in [1.807, 2.05) is 0 Å². The zero-order valence-corrected chi connectivity index (χ0v) is 9.26. The van der Waals surface area contributed by atoms with Crippen molar-refractivity contribution in [2.75, 3.05) is 13.1 Å². The van der Waals surface area contributed by atoms with Gasteiger partial charge >= 0.3 is 0 Å². The number of amides is 1. The normalized spacial score (nSPS) is 19.6. The maximum Gasteiger partial charge on any atom is 0.257 e. The molecule has 0 radical (unpaired) electrons. The second kappa shape index (κ2) is 4.14. The second-order valence-corrected chi connectivity index (χ2v) is 4.11. The Morgan fingerprint density at radius 1 is 1.59 bits per heavy atom. The van der Waals surface area contributed by atoms with Gasteiger partial charge in [0.05, 0.1) is 6.20 Å². The van der Waals surface area contributed by atoms with Crippen LogP contribution in [-0.4, -0.2) is 39.6 Å². The molecule has 0 bridgehead atoms. The largest absolute Gasteiger partial charge is 0.348 e. The van der Waals surface area contributed by atoms with Gasteiger partial charge in [0, 0.05) is 25.0 Å². The van der Waals surface area contributed by atoms with Crippen LogP contribution in [0.5, 0.6) is 0 Å². The molecule has 6 heteroatoms. The lowest BCUT2D eigenvalue weighted by Gasteiger charge is -2.09. The van der Waals surface area contributed by atoms with Crippen molar-refractivity contribution >= 4 is 11.6 Å². The third-order valence-electron chi connectivity index (χ3n) is 2.92. The SMILES string of the molecule is O=C(N[C@H]1CCNC1)c1cnn2cccnc12. The monoisotopic (exact) mass is 231 g/mol. The number of carbonyl (C=O) groups is 1. The summed E-state index contributed by atoms with van der Waals surface area (Å²) in [4.78, 5) is 16.2. The molecule has 0 spiro atoms. The van der Waals surface area contributed by atoms with E-state index >= 15 is 0 Å². The summed E-state index contributed by atoms with van der Waals surface area (Å²) >= 11 is 0. The van der Waals surface area contributed by atoms with Crippen LogP contribution in [0.15, 0.2) is 24.7 Å². The quantitative estimate of drug-likeness (QED) is 0.752. The van der Waals surface area contributed by atoms with Crippen LogP contribution >= 0.6 is 0 Å². The predicted octanol–water partition coefficient (Wildman–Crippen LogP) is -0.179. The van der Waals surface area contributed by atoms with Crippen molar-refractivity contribution in [2.24, 2.45) is 0 Å². The summed E-state index contributed by atoms with van der Waals surface area (Å²) in [6.07, 6.45) is 5.96. The fourth-order valence-corrected chi connectivity index (χ4v) is 2.03. The number of hydrogen-bond acceptors (Lipinski definition) is 4. The minimum absolute atomic E-state index is 0.104. The zero-order chi connectivity index (χ0) is 11.7. The molecule has 0 aromatic carbocycles. The maximum atomic E-state index is 12.0. The van der Waals surface area contributed by atoms with Gasteiger partial charge in [-0.05, 0) is 19.0 Å². The Hall–Kier alpha value is -1.95. The number of nitrogens with one attached hydrogen (secondary N) is 2. The van der Waals surface area contributed by atoms with Gasteiger partial charge in [0.2, 0.25) is 0 Å². The van der Waals surface area contributed by atoms with Crippen molar-refractivity contribution in [1.29, 1.82) is 0 Å². The van der Waals surface area contributed by atoms with Crippen LogP contribution < -0.4 is 10.6 Å². The molecule has 2 aromatic rings. The van der Waals surface area contributed by atoms with E-state index < -0.39 is 0 Å². The molecule has 1 aliphatic rings. The lowest BCUT2D eigenvalue weighted by molar-refractivity contribution is 0.0941. The summed E-state index contributed by atoms with van der Waals surface area (Å²) in [6, 6.07) is 1.99. The van der Waals surface area contributed by atoms with E-state index in [1.54, 1.807) is 29.2 Å². The van der Waals surface area contributed by atoms with E-state index in [-0.39, 0.29) is 11.9 Å². The summed E-state index contributed by atoms with van der Waals surface area (Å²) in [6.45, 7) is 1.79. The first-order chi connectivity index (χ1) is 8.34. The van der Waals surface area contributed by atoms with Crippen LogP contribution in [0.1, 0.15) is 16.8 Å². The van der Waals surface area contributed by atoms with Crippen molar-refractivity contribution in [3.05, 3.63) is 30.2 Å². The Labute approximate surface area is 98.0 Å². The highest BCUT2D eigenvalue weighted by Crippen LogP contribution is 2.08. The molecule has 3 heterocycles. The standard InChI is InChI=1S/C11H13N5O/c17-11(15-8-2-4-12-6-8)9-7-14-16-5-1-3-13-10(9)16/h1,3,5,7-8,12H,2,4,6H2,(H,15,17)/t8-/m0/s1. The maximum absolute atomic E-state index is 12.0. The molecule has 1 amide bonds. The van der Waals surface area contributed by atoms with Gasteiger partial charge in [0.25, 0.3) is 5.91 Å². The van der Waals surface area contributed by atoms with Crippen LogP contribution in [0.3, 0.4) is 0 Å². The van der Waals surface area contributed by atoms with E-state index in [4.69, 9.17) is 0 Å². The van der Waals surface area contributed by atoms with Gasteiger partial charge in [-0.3, -0.25) is 4.79 Å². The molecule has 17 heavy (non-hydrogen) atoms. The molecule has 0 unspecified atom stereocenters. The van der Waals surface area contributed by atoms with E-state index in [1.165, 1.54) is 0 Å². The number of nitrogens with zero attached hydrogens (tertiary/aromatic N) is 3. The molecule has 2 aromatic heterocycles. The Kier molecular flexibility index (Phi) is 2.49. The molecule has 0 saturated carbocycles. The van der Waals surface area contributed by atoms with Crippen molar-refractivity contribution in [3.8, 4) is 0 Å². The third kappa shape index (κ3) is 1.87. The summed E-state index contributed by atoms with van der Waals surface area (Å²) in [5.41, 5.74) is 1.12. The van der Waals surface area contributed by atoms with Gasteiger partial charge in [-0.1, -0.05) is 0 Å². The molecule has 88 valence electrons. The Morgan fingerprint density at radius 3 is 3.35 bits per heavy atom. The second-order valence-electron chi connectivity index (χ2n) is 4.11. The highest BCUT2D eigenvalue weighted by molar-refractivity contribution is 5.99. The first-order valence-corrected chi connectivity index (χ1v) is 5.64. The topological polar surface area (TPSA) is 71.3 Å². The molecule has 1 aliphatic heterocycles. The minimum atomic E-state index is -0.104. The van der Waals surface area contributed by atoms with Gasteiger partial charge in [-0.2, -0.15) is 5.10 Å². The smallest absolute Gasteiger partial charge is 0.257 e. The highest BCUT2D eigenvalue weighted by atomic mass is 16.1. The number of hydrogen-bond donors (Lipinski definition) is 2. The van der Waals surface area contributed by atoms with Crippen molar-refractivity contribution < 1.29 is 4.79 Å². The summed E-state index contributed by atoms with van der Waals surface area (Å²) in [5.74, 6) is -0.104. The van der Waals surface area contributed by atoms with E-state index in [9.17, 15) is 4.79 Å². The van der Waals surface area contributed by atoms with Gasteiger partial charge in [0.1, 0.15) is 5.56 Å². The number of carbonyl (C=O) groups excluding carboxylic acids is 1. The van der Waals surface area contributed by atoms with Gasteiger partial charge < -0.3 is 10.6 Å². The van der Waals surface area contributed by atoms with E-state index in [0.717, 1.165) is 19.5 Å². The lowest BCUT2D eigenvalue weighted by Crippen LogP contribution is -2.36. The van der Waals surface area contributed by atoms with E-state index in [0.29, 0.717) is 11.2 Å². The molecule has 0 aliphatic carbocycles. The molecule has 1 saturated heterocycles. The first kappa shape index (κ1) is 10.2. The van der Waals surface area contributed by atoms with Crippen LogP contribution in [-0.2, 0) is 0 Å². The Morgan fingerprint density at radius 2 is 2.53 bits per heavy atom. The van der Waals surface area contributed by atoms with Gasteiger partial charge in [0.15, 0.2) is 5.65 Å². The fraction of sp³-hybridized carbons (Fsp3) is 0.364. The van der Waals surface area contributed by atoms with Crippen LogP contribution in [0.2, 0.25) is 0 Å².